The number of nitrogens with two attached hydrogens (primary N) is 1. The molecule has 2 aromatic carbocycles. The van der Waals surface area contributed by atoms with E-state index in [9.17, 15) is 9.59 Å². The van der Waals surface area contributed by atoms with Gasteiger partial charge in [0.05, 0.1) is 19.9 Å². The molecule has 0 bridgehead atoms. The quantitative estimate of drug-likeness (QED) is 0.310. The van der Waals surface area contributed by atoms with E-state index in [2.05, 4.69) is 25.5 Å². The van der Waals surface area contributed by atoms with E-state index in [1.54, 1.807) is 40.9 Å². The van der Waals surface area contributed by atoms with Crippen molar-refractivity contribution in [2.45, 2.75) is 6.54 Å². The Kier molecular flexibility index (Phi) is 6.48. The maximum Gasteiger partial charge on any atom is 0.288 e. The lowest BCUT2D eigenvalue weighted by molar-refractivity contribution is 0.102. The molecule has 0 saturated heterocycles. The predicted octanol–water partition coefficient (Wildman–Crippen LogP) is 3.24. The molecule has 3 N–H and O–H groups in total. The van der Waals surface area contributed by atoms with Gasteiger partial charge in [-0.2, -0.15) is 19.7 Å². The maximum atomic E-state index is 13.3. The fourth-order valence-electron chi connectivity index (χ4n) is 4.61. The van der Waals surface area contributed by atoms with Crippen molar-refractivity contribution in [2.24, 2.45) is 7.05 Å². The monoisotopic (exact) mass is 547 g/mol. The van der Waals surface area contributed by atoms with E-state index in [1.165, 1.54) is 12.5 Å². The first-order valence-electron chi connectivity index (χ1n) is 12.6. The molecule has 4 aromatic heterocycles. The smallest absolute Gasteiger partial charge is 0.288 e. The minimum atomic E-state index is -0.575. The van der Waals surface area contributed by atoms with Gasteiger partial charge in [-0.1, -0.05) is 30.3 Å². The number of hydrogen-bond donors (Lipinski definition) is 2. The number of ether oxygens (including phenoxy) is 1. The van der Waals surface area contributed by atoms with Crippen LogP contribution in [0, 0.1) is 0 Å². The molecule has 0 aliphatic carbocycles. The number of amides is 1. The van der Waals surface area contributed by atoms with Gasteiger partial charge >= 0.3 is 0 Å². The van der Waals surface area contributed by atoms with Gasteiger partial charge < -0.3 is 20.4 Å². The summed E-state index contributed by atoms with van der Waals surface area (Å²) in [5.74, 6) is 0.790. The van der Waals surface area contributed by atoms with E-state index in [-0.39, 0.29) is 5.56 Å². The topological polar surface area (TPSA) is 147 Å². The number of rotatable bonds is 7. The lowest BCUT2D eigenvalue weighted by atomic mass is 10.0. The van der Waals surface area contributed by atoms with Crippen molar-refractivity contribution in [1.29, 1.82) is 0 Å². The van der Waals surface area contributed by atoms with Crippen molar-refractivity contribution >= 4 is 23.2 Å². The molecule has 41 heavy (non-hydrogen) atoms. The van der Waals surface area contributed by atoms with Crippen molar-refractivity contribution in [3.63, 3.8) is 0 Å². The lowest BCUT2D eigenvalue weighted by Crippen LogP contribution is -2.29. The summed E-state index contributed by atoms with van der Waals surface area (Å²) in [6, 6.07) is 16.6. The first-order chi connectivity index (χ1) is 19.9. The third kappa shape index (κ3) is 4.89. The molecule has 4 heterocycles. The van der Waals surface area contributed by atoms with Crippen LogP contribution in [-0.4, -0.2) is 46.9 Å². The lowest BCUT2D eigenvalue weighted by Gasteiger charge is -2.13. The number of nitrogen functional groups attached to an aromatic ring is 1. The van der Waals surface area contributed by atoms with Crippen LogP contribution >= 0.6 is 0 Å². The number of carbonyl (C=O) groups excluding carboxylic acids is 1. The van der Waals surface area contributed by atoms with Crippen molar-refractivity contribution in [1.82, 2.24) is 33.9 Å². The standard InChI is InChI=1S/C29H25N9O3/c1-36-14-21(13-33-36)20-11-23(26(30)31-12-20)18-7-9-22(10-8-18)35-27(39)24-16-37(29-32-17-34-38(29)28(24)40)15-19-5-3-4-6-25(19)41-2/h3-14,16-17H,15H2,1-2H3,(H2,30,31)(H,35,39). The average molecular weight is 548 g/mol. The predicted molar refractivity (Wildman–Crippen MR) is 154 cm³/mol. The zero-order chi connectivity index (χ0) is 28.5. The Balaban J connectivity index is 1.27. The summed E-state index contributed by atoms with van der Waals surface area (Å²) in [6.07, 6.45) is 8.13. The zero-order valence-electron chi connectivity index (χ0n) is 22.2. The maximum absolute atomic E-state index is 13.3. The summed E-state index contributed by atoms with van der Waals surface area (Å²) in [6.45, 7) is 0.315. The van der Waals surface area contributed by atoms with Crippen molar-refractivity contribution in [3.8, 4) is 28.0 Å². The van der Waals surface area contributed by atoms with Gasteiger partial charge in [0.25, 0.3) is 11.5 Å². The number of methoxy groups -OCH3 is 1. The molecule has 204 valence electrons. The summed E-state index contributed by atoms with van der Waals surface area (Å²) in [5, 5.41) is 11.1. The van der Waals surface area contributed by atoms with Gasteiger partial charge in [0.1, 0.15) is 23.5 Å². The van der Waals surface area contributed by atoms with E-state index in [4.69, 9.17) is 10.5 Å². The van der Waals surface area contributed by atoms with Crippen molar-refractivity contribution in [2.75, 3.05) is 18.2 Å². The summed E-state index contributed by atoms with van der Waals surface area (Å²) in [4.78, 5) is 35.0. The third-order valence-corrected chi connectivity index (χ3v) is 6.68. The first kappa shape index (κ1) is 25.5. The Bertz CT molecular complexity index is 1960. The highest BCUT2D eigenvalue weighted by Crippen LogP contribution is 2.30. The highest BCUT2D eigenvalue weighted by molar-refractivity contribution is 6.04. The molecular formula is C29H25N9O3. The summed E-state index contributed by atoms with van der Waals surface area (Å²) >= 11 is 0. The minimum absolute atomic E-state index is 0.0837. The minimum Gasteiger partial charge on any atom is -0.496 e. The van der Waals surface area contributed by atoms with Gasteiger partial charge in [-0.15, -0.1) is 0 Å². The van der Waals surface area contributed by atoms with Crippen molar-refractivity contribution in [3.05, 3.63) is 107 Å². The number of benzene rings is 2. The second-order valence-electron chi connectivity index (χ2n) is 9.35. The number of pyridine rings is 1. The number of hydrogen-bond acceptors (Lipinski definition) is 8. The van der Waals surface area contributed by atoms with Gasteiger partial charge in [0, 0.05) is 53.6 Å². The van der Waals surface area contributed by atoms with Crippen LogP contribution in [-0.2, 0) is 13.6 Å². The zero-order valence-corrected chi connectivity index (χ0v) is 22.2. The molecule has 1 amide bonds. The molecule has 0 fully saturated rings. The number of carbonyl (C=O) groups is 1. The Morgan fingerprint density at radius 1 is 0.976 bits per heavy atom. The Hall–Kier alpha value is -5.78. The van der Waals surface area contributed by atoms with Crippen LogP contribution in [0.3, 0.4) is 0 Å². The van der Waals surface area contributed by atoms with Crippen LogP contribution in [0.2, 0.25) is 0 Å². The number of aryl methyl sites for hydroxylation is 1. The second-order valence-corrected chi connectivity index (χ2v) is 9.35. The molecule has 0 atom stereocenters. The van der Waals surface area contributed by atoms with E-state index in [0.29, 0.717) is 29.6 Å². The summed E-state index contributed by atoms with van der Waals surface area (Å²) in [5.41, 5.74) is 10.3. The molecule has 12 nitrogen and oxygen atoms in total. The Morgan fingerprint density at radius 2 is 1.78 bits per heavy atom. The van der Waals surface area contributed by atoms with E-state index >= 15 is 0 Å². The third-order valence-electron chi connectivity index (χ3n) is 6.68. The highest BCUT2D eigenvalue weighted by atomic mass is 16.5. The average Bonchev–Trinajstić information content (AvgIpc) is 3.66. The van der Waals surface area contributed by atoms with Gasteiger partial charge in [-0.25, -0.2) is 4.98 Å². The normalized spacial score (nSPS) is 11.1. The molecule has 0 aliphatic rings. The van der Waals surface area contributed by atoms with Crippen LogP contribution in [0.5, 0.6) is 5.75 Å². The molecule has 0 saturated carbocycles. The molecule has 0 spiro atoms. The molecule has 0 radical (unpaired) electrons. The molecule has 12 heteroatoms. The van der Waals surface area contributed by atoms with E-state index in [1.807, 2.05) is 55.7 Å². The molecule has 6 rings (SSSR count). The number of nitrogens with zero attached hydrogens (tertiary/aromatic N) is 7. The van der Waals surface area contributed by atoms with Gasteiger partial charge in [-0.05, 0) is 29.8 Å². The first-order valence-corrected chi connectivity index (χ1v) is 12.6. The Morgan fingerprint density at radius 3 is 2.54 bits per heavy atom. The fraction of sp³-hybridized carbons (Fsp3) is 0.103. The van der Waals surface area contributed by atoms with Crippen LogP contribution in [0.25, 0.3) is 28.0 Å². The fourth-order valence-corrected chi connectivity index (χ4v) is 4.61. The number of fused-ring (bicyclic) bond motifs is 1. The number of para-hydroxylation sites is 1. The number of nitrogens with one attached hydrogen (secondary N) is 1. The highest BCUT2D eigenvalue weighted by Gasteiger charge is 2.18. The van der Waals surface area contributed by atoms with E-state index < -0.39 is 11.5 Å². The van der Waals surface area contributed by atoms with Gasteiger partial charge in [-0.3, -0.25) is 14.3 Å². The van der Waals surface area contributed by atoms with Gasteiger partial charge in [0.15, 0.2) is 0 Å². The van der Waals surface area contributed by atoms with Crippen LogP contribution in [0.4, 0.5) is 11.5 Å². The molecule has 6 aromatic rings. The largest absolute Gasteiger partial charge is 0.496 e. The summed E-state index contributed by atoms with van der Waals surface area (Å²) in [7, 11) is 3.44. The molecule has 0 unspecified atom stereocenters. The molecular weight excluding hydrogens is 522 g/mol. The SMILES string of the molecule is COc1ccccc1Cn1cc(C(=O)Nc2ccc(-c3cc(-c4cnn(C)c4)cnc3N)cc2)c(=O)n2ncnc12. The van der Waals surface area contributed by atoms with Crippen LogP contribution in [0.15, 0.2) is 90.5 Å². The number of anilines is 2. The van der Waals surface area contributed by atoms with Crippen molar-refractivity contribution < 1.29 is 9.53 Å². The summed E-state index contributed by atoms with van der Waals surface area (Å²) < 4.78 is 9.98. The van der Waals surface area contributed by atoms with Crippen LogP contribution in [0.1, 0.15) is 15.9 Å². The Labute approximate surface area is 233 Å². The number of aromatic nitrogens is 7. The van der Waals surface area contributed by atoms with Crippen LogP contribution < -0.4 is 21.3 Å². The van der Waals surface area contributed by atoms with Gasteiger partial charge in [0.2, 0.25) is 5.78 Å². The molecule has 0 aliphatic heterocycles. The van der Waals surface area contributed by atoms with E-state index in [0.717, 1.165) is 32.3 Å². The second kappa shape index (κ2) is 10.4.